The summed E-state index contributed by atoms with van der Waals surface area (Å²) in [5, 5.41) is 14.5. The summed E-state index contributed by atoms with van der Waals surface area (Å²) in [4.78, 5) is 32.7. The van der Waals surface area contributed by atoms with Crippen molar-refractivity contribution in [1.82, 2.24) is 39.6 Å². The Bertz CT molecular complexity index is 1970. The summed E-state index contributed by atoms with van der Waals surface area (Å²) < 4.78 is 3.43. The smallest absolute Gasteiger partial charge is 0.262 e. The van der Waals surface area contributed by atoms with E-state index >= 15 is 0 Å². The second-order valence-electron chi connectivity index (χ2n) is 11.4. The number of aromatic nitrogens is 7. The van der Waals surface area contributed by atoms with Crippen LogP contribution in [0.2, 0.25) is 0 Å². The third-order valence-corrected chi connectivity index (χ3v) is 8.93. The van der Waals surface area contributed by atoms with Crippen molar-refractivity contribution in [3.63, 3.8) is 0 Å². The van der Waals surface area contributed by atoms with Gasteiger partial charge in [0.1, 0.15) is 10.7 Å². The number of pyridine rings is 2. The molecule has 7 rings (SSSR count). The van der Waals surface area contributed by atoms with Crippen molar-refractivity contribution < 1.29 is 0 Å². The number of rotatable bonds is 8. The van der Waals surface area contributed by atoms with E-state index in [2.05, 4.69) is 50.0 Å². The van der Waals surface area contributed by atoms with Gasteiger partial charge in [-0.15, -0.1) is 11.3 Å². The Morgan fingerprint density at radius 1 is 1.02 bits per heavy atom. The van der Waals surface area contributed by atoms with Gasteiger partial charge in [-0.05, 0) is 80.6 Å². The lowest BCUT2D eigenvalue weighted by Gasteiger charge is -2.22. The molecule has 0 atom stereocenters. The highest BCUT2D eigenvalue weighted by molar-refractivity contribution is 7.09. The SMILES string of the molecule is Cc1cc(-c2cnn(C)c2)cnc1-c1cc2cnc(Nc3ccc(CC4CCNCC4)cc3)nc2n(Cc2nccs2)c1=O. The highest BCUT2D eigenvalue weighted by Crippen LogP contribution is 2.27. The van der Waals surface area contributed by atoms with Gasteiger partial charge in [0, 0.05) is 59.4 Å². The topological polar surface area (TPSA) is 115 Å². The van der Waals surface area contributed by atoms with E-state index in [1.54, 1.807) is 34.0 Å². The predicted octanol–water partition coefficient (Wildman–Crippen LogP) is 5.35. The molecule has 2 N–H and O–H groups in total. The first-order valence-corrected chi connectivity index (χ1v) is 15.7. The number of fused-ring (bicyclic) bond motifs is 1. The lowest BCUT2D eigenvalue weighted by Crippen LogP contribution is -2.28. The first-order chi connectivity index (χ1) is 21.5. The molecule has 0 aliphatic carbocycles. The Hall–Kier alpha value is -4.74. The van der Waals surface area contributed by atoms with Crippen molar-refractivity contribution in [2.24, 2.45) is 13.0 Å². The lowest BCUT2D eigenvalue weighted by atomic mass is 9.91. The molecular formula is C33H33N9OS. The second-order valence-corrected chi connectivity index (χ2v) is 12.3. The zero-order valence-electron chi connectivity index (χ0n) is 24.7. The van der Waals surface area contributed by atoms with Crippen LogP contribution in [0, 0.1) is 12.8 Å². The second kappa shape index (κ2) is 12.1. The fraction of sp³-hybridized carbons (Fsp3) is 0.273. The fourth-order valence-corrected chi connectivity index (χ4v) is 6.46. The zero-order valence-corrected chi connectivity index (χ0v) is 25.5. The van der Waals surface area contributed by atoms with Gasteiger partial charge in [-0.3, -0.25) is 19.0 Å². The maximum Gasteiger partial charge on any atom is 0.262 e. The van der Waals surface area contributed by atoms with E-state index in [9.17, 15) is 4.79 Å². The van der Waals surface area contributed by atoms with E-state index in [1.807, 2.05) is 37.7 Å². The van der Waals surface area contributed by atoms with Crippen molar-refractivity contribution in [2.75, 3.05) is 18.4 Å². The standard InChI is InChI=1S/C33H33N9OS/c1-21-13-24(26-18-38-41(2)19-26)16-36-30(21)28-15-25-17-37-33(40-31(25)42(32(28)43)20-29-35-11-12-44-29)39-27-5-3-22(4-6-27)14-23-7-9-34-10-8-23/h3-6,11-13,15-19,23,34H,7-10,14,20H2,1-2H3,(H,37,39,40). The largest absolute Gasteiger partial charge is 0.324 e. The summed E-state index contributed by atoms with van der Waals surface area (Å²) in [5.41, 5.74) is 6.54. The Balaban J connectivity index is 1.22. The Kier molecular flexibility index (Phi) is 7.71. The molecule has 0 radical (unpaired) electrons. The van der Waals surface area contributed by atoms with Gasteiger partial charge in [0.2, 0.25) is 5.95 Å². The molecule has 1 fully saturated rings. The summed E-state index contributed by atoms with van der Waals surface area (Å²) in [5.74, 6) is 1.16. The normalized spacial score (nSPS) is 13.9. The first-order valence-electron chi connectivity index (χ1n) is 14.8. The highest BCUT2D eigenvalue weighted by Gasteiger charge is 2.18. The van der Waals surface area contributed by atoms with E-state index in [1.165, 1.54) is 29.7 Å². The molecule has 6 aromatic rings. The van der Waals surface area contributed by atoms with Gasteiger partial charge >= 0.3 is 0 Å². The molecule has 0 unspecified atom stereocenters. The molecule has 0 amide bonds. The van der Waals surface area contributed by atoms with Gasteiger partial charge in [0.25, 0.3) is 5.56 Å². The van der Waals surface area contributed by atoms with Crippen LogP contribution in [-0.4, -0.2) is 47.4 Å². The molecule has 6 heterocycles. The van der Waals surface area contributed by atoms with Crippen molar-refractivity contribution in [3.05, 3.63) is 99.3 Å². The van der Waals surface area contributed by atoms with Crippen LogP contribution in [0.25, 0.3) is 33.4 Å². The fourth-order valence-electron chi connectivity index (χ4n) is 5.86. The molecule has 0 spiro atoms. The minimum absolute atomic E-state index is 0.177. The third kappa shape index (κ3) is 5.88. The van der Waals surface area contributed by atoms with Crippen molar-refractivity contribution in [3.8, 4) is 22.4 Å². The number of anilines is 2. The number of piperidine rings is 1. The van der Waals surface area contributed by atoms with Gasteiger partial charge in [-0.2, -0.15) is 10.1 Å². The summed E-state index contributed by atoms with van der Waals surface area (Å²) in [6.45, 7) is 4.48. The van der Waals surface area contributed by atoms with Gasteiger partial charge in [0.05, 0.1) is 24.0 Å². The monoisotopic (exact) mass is 603 g/mol. The number of aryl methyl sites for hydroxylation is 2. The minimum Gasteiger partial charge on any atom is -0.324 e. The Labute approximate surface area is 258 Å². The van der Waals surface area contributed by atoms with Gasteiger partial charge in [-0.1, -0.05) is 12.1 Å². The summed E-state index contributed by atoms with van der Waals surface area (Å²) in [6.07, 6.45) is 12.6. The number of hydrogen-bond donors (Lipinski definition) is 2. The molecule has 1 aliphatic rings. The average molecular weight is 604 g/mol. The van der Waals surface area contributed by atoms with E-state index in [4.69, 9.17) is 9.97 Å². The number of hydrogen-bond acceptors (Lipinski definition) is 9. The molecule has 1 saturated heterocycles. The molecule has 44 heavy (non-hydrogen) atoms. The first kappa shape index (κ1) is 28.1. The van der Waals surface area contributed by atoms with E-state index < -0.39 is 0 Å². The number of nitrogens with zero attached hydrogens (tertiary/aromatic N) is 7. The Morgan fingerprint density at radius 2 is 1.86 bits per heavy atom. The van der Waals surface area contributed by atoms with Crippen LogP contribution < -0.4 is 16.2 Å². The van der Waals surface area contributed by atoms with Gasteiger partial charge < -0.3 is 10.6 Å². The number of benzene rings is 1. The van der Waals surface area contributed by atoms with Crippen molar-refractivity contribution in [1.29, 1.82) is 0 Å². The minimum atomic E-state index is -0.177. The zero-order chi connectivity index (χ0) is 30.0. The quantitative estimate of drug-likeness (QED) is 0.239. The van der Waals surface area contributed by atoms with Crippen molar-refractivity contribution >= 4 is 34.0 Å². The van der Waals surface area contributed by atoms with Gasteiger partial charge in [-0.25, -0.2) is 9.97 Å². The van der Waals surface area contributed by atoms with Crippen LogP contribution in [0.1, 0.15) is 29.0 Å². The van der Waals surface area contributed by atoms with Crippen LogP contribution >= 0.6 is 11.3 Å². The summed E-state index contributed by atoms with van der Waals surface area (Å²) >= 11 is 1.50. The molecule has 1 aromatic carbocycles. The van der Waals surface area contributed by atoms with Crippen LogP contribution in [0.5, 0.6) is 0 Å². The molecule has 222 valence electrons. The highest BCUT2D eigenvalue weighted by atomic mass is 32.1. The predicted molar refractivity (Wildman–Crippen MR) is 174 cm³/mol. The van der Waals surface area contributed by atoms with E-state index in [-0.39, 0.29) is 5.56 Å². The van der Waals surface area contributed by atoms with Crippen LogP contribution in [0.3, 0.4) is 0 Å². The molecule has 11 heteroatoms. The maximum absolute atomic E-state index is 14.1. The summed E-state index contributed by atoms with van der Waals surface area (Å²) in [6, 6.07) is 12.4. The van der Waals surface area contributed by atoms with Gasteiger partial charge in [0.15, 0.2) is 0 Å². The number of thiazole rings is 1. The molecule has 1 aliphatic heterocycles. The molecule has 0 saturated carbocycles. The molecular weight excluding hydrogens is 570 g/mol. The summed E-state index contributed by atoms with van der Waals surface area (Å²) in [7, 11) is 1.88. The van der Waals surface area contributed by atoms with Crippen LogP contribution in [0.15, 0.2) is 77.6 Å². The van der Waals surface area contributed by atoms with Crippen LogP contribution in [-0.2, 0) is 20.0 Å². The number of nitrogens with one attached hydrogen (secondary N) is 2. The average Bonchev–Trinajstić information content (AvgIpc) is 3.72. The molecule has 5 aromatic heterocycles. The maximum atomic E-state index is 14.1. The lowest BCUT2D eigenvalue weighted by molar-refractivity contribution is 0.372. The van der Waals surface area contributed by atoms with Crippen LogP contribution in [0.4, 0.5) is 11.6 Å². The van der Waals surface area contributed by atoms with E-state index in [0.717, 1.165) is 58.2 Å². The third-order valence-electron chi connectivity index (χ3n) is 8.17. The molecule has 0 bridgehead atoms. The van der Waals surface area contributed by atoms with Crippen molar-refractivity contribution in [2.45, 2.75) is 32.7 Å². The Morgan fingerprint density at radius 3 is 2.59 bits per heavy atom. The van der Waals surface area contributed by atoms with E-state index in [0.29, 0.717) is 29.4 Å². The molecule has 10 nitrogen and oxygen atoms in total.